The second-order valence-electron chi connectivity index (χ2n) is 6.32. The van der Waals surface area contributed by atoms with Gasteiger partial charge in [0.1, 0.15) is 0 Å². The fourth-order valence-electron chi connectivity index (χ4n) is 2.71. The summed E-state index contributed by atoms with van der Waals surface area (Å²) in [5.74, 6) is 0.170. The summed E-state index contributed by atoms with van der Waals surface area (Å²) in [5, 5.41) is 0. The average Bonchev–Trinajstić information content (AvgIpc) is 2.73. The quantitative estimate of drug-likeness (QED) is 0.203. The van der Waals surface area contributed by atoms with Crippen molar-refractivity contribution in [2.24, 2.45) is 0 Å². The number of benzene rings is 3. The van der Waals surface area contributed by atoms with Gasteiger partial charge in [-0.25, -0.2) is 4.79 Å². The van der Waals surface area contributed by atoms with E-state index in [9.17, 15) is 9.59 Å². The fraction of sp³-hybridized carbons (Fsp3) is 0.0833. The van der Waals surface area contributed by atoms with Crippen LogP contribution in [0.15, 0.2) is 77.3 Å². The molecule has 0 aliphatic heterocycles. The van der Waals surface area contributed by atoms with E-state index in [-0.39, 0.29) is 5.78 Å². The van der Waals surface area contributed by atoms with Gasteiger partial charge in [-0.2, -0.15) is 0 Å². The van der Waals surface area contributed by atoms with Crippen LogP contribution in [0.2, 0.25) is 0 Å². The molecule has 0 bridgehead atoms. The molecule has 29 heavy (non-hydrogen) atoms. The minimum absolute atomic E-state index is 0.105. The molecule has 0 radical (unpaired) electrons. The molecule has 0 aliphatic carbocycles. The molecule has 0 aliphatic rings. The number of ether oxygens (including phenoxy) is 2. The molecule has 0 N–H and O–H groups in total. The average molecular weight is 451 g/mol. The molecule has 0 spiro atoms. The highest BCUT2D eigenvalue weighted by Crippen LogP contribution is 2.29. The van der Waals surface area contributed by atoms with Gasteiger partial charge < -0.3 is 9.47 Å². The number of ketones is 1. The number of hydrogen-bond acceptors (Lipinski definition) is 4. The predicted octanol–water partition coefficient (Wildman–Crippen LogP) is 5.88. The maximum absolute atomic E-state index is 12.4. The molecule has 4 nitrogen and oxygen atoms in total. The Morgan fingerprint density at radius 1 is 0.931 bits per heavy atom. The molecule has 5 heteroatoms. The number of allylic oxidation sites excluding steroid dienone is 1. The molecule has 0 saturated heterocycles. The van der Waals surface area contributed by atoms with Crippen molar-refractivity contribution in [1.29, 1.82) is 0 Å². The van der Waals surface area contributed by atoms with E-state index in [1.165, 1.54) is 13.2 Å². The second-order valence-corrected chi connectivity index (χ2v) is 7.23. The number of halogens is 1. The predicted molar refractivity (Wildman–Crippen MR) is 117 cm³/mol. The third-order valence-corrected chi connectivity index (χ3v) is 4.84. The Labute approximate surface area is 177 Å². The van der Waals surface area contributed by atoms with Crippen molar-refractivity contribution in [1.82, 2.24) is 0 Å². The number of rotatable bonds is 6. The molecule has 0 saturated carbocycles. The van der Waals surface area contributed by atoms with Crippen molar-refractivity contribution in [2.75, 3.05) is 7.11 Å². The SMILES string of the molecule is COc1cc(C=CC(=O)c2ccc(Br)cc2)ccc1OC(=O)c1ccccc1C. The first-order chi connectivity index (χ1) is 14.0. The Morgan fingerprint density at radius 2 is 1.66 bits per heavy atom. The van der Waals surface area contributed by atoms with Gasteiger partial charge in [0.15, 0.2) is 17.3 Å². The van der Waals surface area contributed by atoms with Crippen LogP contribution < -0.4 is 9.47 Å². The highest BCUT2D eigenvalue weighted by molar-refractivity contribution is 9.10. The smallest absolute Gasteiger partial charge is 0.343 e. The molecule has 0 heterocycles. The van der Waals surface area contributed by atoms with Crippen LogP contribution in [0.4, 0.5) is 0 Å². The van der Waals surface area contributed by atoms with Gasteiger partial charge >= 0.3 is 5.97 Å². The topological polar surface area (TPSA) is 52.6 Å². The number of methoxy groups -OCH3 is 1. The van der Waals surface area contributed by atoms with Gasteiger partial charge in [0, 0.05) is 10.0 Å². The summed E-state index contributed by atoms with van der Waals surface area (Å²) in [7, 11) is 1.50. The zero-order chi connectivity index (χ0) is 20.8. The van der Waals surface area contributed by atoms with Crippen molar-refractivity contribution in [3.8, 4) is 11.5 Å². The van der Waals surface area contributed by atoms with E-state index in [4.69, 9.17) is 9.47 Å². The fourth-order valence-corrected chi connectivity index (χ4v) is 2.98. The second kappa shape index (κ2) is 9.34. The first kappa shape index (κ1) is 20.6. The van der Waals surface area contributed by atoms with Crippen molar-refractivity contribution in [2.45, 2.75) is 6.92 Å². The van der Waals surface area contributed by atoms with Gasteiger partial charge in [-0.05, 0) is 66.6 Å². The van der Waals surface area contributed by atoms with Gasteiger partial charge in [-0.3, -0.25) is 4.79 Å². The number of carbonyl (C=O) groups excluding carboxylic acids is 2. The standard InChI is InChI=1S/C24H19BrO4/c1-16-5-3-4-6-20(16)24(27)29-22-14-8-17(15-23(22)28-2)7-13-21(26)18-9-11-19(25)12-10-18/h3-15H,1-2H3. The Kier molecular flexibility index (Phi) is 6.62. The first-order valence-corrected chi connectivity index (χ1v) is 9.71. The number of esters is 1. The molecule has 0 atom stereocenters. The van der Waals surface area contributed by atoms with Crippen LogP contribution in [0.3, 0.4) is 0 Å². The van der Waals surface area contributed by atoms with Crippen LogP contribution in [0, 0.1) is 6.92 Å². The van der Waals surface area contributed by atoms with Crippen LogP contribution in [0.25, 0.3) is 6.08 Å². The van der Waals surface area contributed by atoms with Crippen molar-refractivity contribution in [3.05, 3.63) is 99.5 Å². The summed E-state index contributed by atoms with van der Waals surface area (Å²) >= 11 is 3.35. The first-order valence-electron chi connectivity index (χ1n) is 8.92. The molecular weight excluding hydrogens is 432 g/mol. The lowest BCUT2D eigenvalue weighted by molar-refractivity contribution is 0.0728. The van der Waals surface area contributed by atoms with Gasteiger partial charge in [0.05, 0.1) is 12.7 Å². The van der Waals surface area contributed by atoms with E-state index in [0.717, 1.165) is 15.6 Å². The molecule has 146 valence electrons. The Balaban J connectivity index is 1.76. The molecule has 3 rings (SSSR count). The lowest BCUT2D eigenvalue weighted by Gasteiger charge is -2.11. The van der Waals surface area contributed by atoms with Crippen molar-refractivity contribution < 1.29 is 19.1 Å². The highest BCUT2D eigenvalue weighted by atomic mass is 79.9. The van der Waals surface area contributed by atoms with Crippen molar-refractivity contribution in [3.63, 3.8) is 0 Å². The third-order valence-electron chi connectivity index (χ3n) is 4.31. The molecule has 3 aromatic rings. The summed E-state index contributed by atoms with van der Waals surface area (Å²) < 4.78 is 11.8. The van der Waals surface area contributed by atoms with Crippen LogP contribution in [-0.4, -0.2) is 18.9 Å². The number of hydrogen-bond donors (Lipinski definition) is 0. The summed E-state index contributed by atoms with van der Waals surface area (Å²) in [6.07, 6.45) is 3.19. The molecule has 3 aromatic carbocycles. The lowest BCUT2D eigenvalue weighted by Crippen LogP contribution is -2.10. The Morgan fingerprint density at radius 3 is 2.34 bits per heavy atom. The molecule has 0 aromatic heterocycles. The van der Waals surface area contributed by atoms with Gasteiger partial charge in [-0.1, -0.05) is 46.3 Å². The maximum Gasteiger partial charge on any atom is 0.343 e. The van der Waals surface area contributed by atoms with E-state index in [1.54, 1.807) is 48.5 Å². The summed E-state index contributed by atoms with van der Waals surface area (Å²) in [6.45, 7) is 1.85. The normalized spacial score (nSPS) is 10.7. The van der Waals surface area contributed by atoms with E-state index in [2.05, 4.69) is 15.9 Å². The zero-order valence-electron chi connectivity index (χ0n) is 16.0. The summed E-state index contributed by atoms with van der Waals surface area (Å²) in [5.41, 5.74) is 2.68. The monoisotopic (exact) mass is 450 g/mol. The highest BCUT2D eigenvalue weighted by Gasteiger charge is 2.14. The molecular formula is C24H19BrO4. The summed E-state index contributed by atoms with van der Waals surface area (Å²) in [6, 6.07) is 19.5. The number of carbonyl (C=O) groups is 2. The van der Waals surface area contributed by atoms with Crippen molar-refractivity contribution >= 4 is 33.8 Å². The maximum atomic E-state index is 12.4. The van der Waals surface area contributed by atoms with E-state index in [1.807, 2.05) is 31.2 Å². The Hall–Kier alpha value is -3.18. The van der Waals surface area contributed by atoms with Gasteiger partial charge in [0.2, 0.25) is 0 Å². The van der Waals surface area contributed by atoms with Crippen LogP contribution in [-0.2, 0) is 0 Å². The largest absolute Gasteiger partial charge is 0.493 e. The molecule has 0 unspecified atom stereocenters. The number of aryl methyl sites for hydroxylation is 1. The van der Waals surface area contributed by atoms with Crippen LogP contribution in [0.1, 0.15) is 31.8 Å². The Bertz CT molecular complexity index is 1070. The van der Waals surface area contributed by atoms with E-state index < -0.39 is 5.97 Å². The van der Waals surface area contributed by atoms with Gasteiger partial charge in [0.25, 0.3) is 0 Å². The van der Waals surface area contributed by atoms with E-state index in [0.29, 0.717) is 22.6 Å². The van der Waals surface area contributed by atoms with Gasteiger partial charge in [-0.15, -0.1) is 0 Å². The van der Waals surface area contributed by atoms with Crippen LogP contribution >= 0.6 is 15.9 Å². The van der Waals surface area contributed by atoms with Crippen LogP contribution in [0.5, 0.6) is 11.5 Å². The zero-order valence-corrected chi connectivity index (χ0v) is 17.6. The molecule has 0 fully saturated rings. The minimum atomic E-state index is -0.449. The molecule has 0 amide bonds. The summed E-state index contributed by atoms with van der Waals surface area (Å²) in [4.78, 5) is 24.7. The third kappa shape index (κ3) is 5.21. The lowest BCUT2D eigenvalue weighted by atomic mass is 10.1. The minimum Gasteiger partial charge on any atom is -0.493 e. The van der Waals surface area contributed by atoms with E-state index >= 15 is 0 Å².